The summed E-state index contributed by atoms with van der Waals surface area (Å²) >= 11 is 0. The fourth-order valence-electron chi connectivity index (χ4n) is 1.90. The van der Waals surface area contributed by atoms with Gasteiger partial charge in [0, 0.05) is 0 Å². The van der Waals surface area contributed by atoms with E-state index in [-0.39, 0.29) is 0 Å². The van der Waals surface area contributed by atoms with Crippen molar-refractivity contribution in [3.05, 3.63) is 0 Å². The first-order valence-corrected chi connectivity index (χ1v) is 7.55. The molecule has 0 atom stereocenters. The van der Waals surface area contributed by atoms with Gasteiger partial charge >= 0.3 is 0 Å². The van der Waals surface area contributed by atoms with Crippen LogP contribution in [-0.2, 0) is 10.0 Å². The molecule has 0 aliphatic heterocycles. The number of sulfonamides is 1. The molecule has 0 saturated heterocycles. The summed E-state index contributed by atoms with van der Waals surface area (Å²) in [6.07, 6.45) is 3.03. The predicted octanol–water partition coefficient (Wildman–Crippen LogP) is 2.18. The van der Waals surface area contributed by atoms with Gasteiger partial charge in [0.15, 0.2) is 0 Å². The van der Waals surface area contributed by atoms with E-state index >= 15 is 0 Å². The molecule has 17 heavy (non-hydrogen) atoms. The van der Waals surface area contributed by atoms with Crippen LogP contribution in [0.3, 0.4) is 0 Å². The maximum atomic E-state index is 12.1. The molecule has 98 valence electrons. The van der Waals surface area contributed by atoms with Crippen LogP contribution in [0.2, 0.25) is 0 Å². The molecular weight excluding hydrogens is 236 g/mol. The molecule has 0 heterocycles. The molecule has 0 unspecified atom stereocenters. The minimum atomic E-state index is -3.46. The van der Waals surface area contributed by atoms with Gasteiger partial charge in [-0.25, -0.2) is 8.42 Å². The fraction of sp³-hybridized carbons (Fsp3) is 0.917. The summed E-state index contributed by atoms with van der Waals surface area (Å²) in [6, 6.07) is 2.18. The third-order valence-electron chi connectivity index (χ3n) is 3.48. The van der Waals surface area contributed by atoms with Gasteiger partial charge in [-0.15, -0.1) is 0 Å². The molecule has 1 rings (SSSR count). The summed E-state index contributed by atoms with van der Waals surface area (Å²) in [4.78, 5) is 0. The lowest BCUT2D eigenvalue weighted by atomic mass is 9.79. The Morgan fingerprint density at radius 2 is 1.76 bits per heavy atom. The molecule has 0 spiro atoms. The highest BCUT2D eigenvalue weighted by molar-refractivity contribution is 7.90. The largest absolute Gasteiger partial charge is 0.217 e. The second-order valence-electron chi connectivity index (χ2n) is 6.09. The van der Waals surface area contributed by atoms with Crippen LogP contribution < -0.4 is 4.72 Å². The monoisotopic (exact) mass is 258 g/mol. The number of nitrogens with zero attached hydrogens (tertiary/aromatic N) is 1. The van der Waals surface area contributed by atoms with Crippen molar-refractivity contribution in [2.45, 2.75) is 63.7 Å². The van der Waals surface area contributed by atoms with E-state index in [0.717, 1.165) is 12.8 Å². The van der Waals surface area contributed by atoms with Gasteiger partial charge in [-0.3, -0.25) is 0 Å². The lowest BCUT2D eigenvalue weighted by molar-refractivity contribution is 0.276. The molecule has 0 radical (unpaired) electrons. The Morgan fingerprint density at radius 1 is 1.29 bits per heavy atom. The van der Waals surface area contributed by atoms with E-state index in [4.69, 9.17) is 0 Å². The van der Waals surface area contributed by atoms with Gasteiger partial charge in [0.05, 0.1) is 10.8 Å². The average Bonchev–Trinajstić information content (AvgIpc) is 2.20. The Labute approximate surface area is 104 Å². The summed E-state index contributed by atoms with van der Waals surface area (Å²) in [5.41, 5.74) is -0.890. The Morgan fingerprint density at radius 3 is 2.12 bits per heavy atom. The fourth-order valence-corrected chi connectivity index (χ4v) is 2.97. The molecule has 1 saturated carbocycles. The third-order valence-corrected chi connectivity index (χ3v) is 5.75. The lowest BCUT2D eigenvalue weighted by Gasteiger charge is -2.36. The second-order valence-corrected chi connectivity index (χ2v) is 8.53. The second kappa shape index (κ2) is 4.58. The number of hydrogen-bond acceptors (Lipinski definition) is 3. The van der Waals surface area contributed by atoms with Crippen molar-refractivity contribution in [2.24, 2.45) is 5.92 Å². The van der Waals surface area contributed by atoms with Crippen molar-refractivity contribution < 1.29 is 8.42 Å². The van der Waals surface area contributed by atoms with Crippen LogP contribution in [0.4, 0.5) is 0 Å². The maximum Gasteiger partial charge on any atom is 0.217 e. The summed E-state index contributed by atoms with van der Waals surface area (Å²) < 4.78 is 26.0. The standard InChI is InChI=1S/C12H22N2O2S/c1-10-5-7-12(9-13,8-6-10)14-17(15,16)11(2,3)4/h10,14H,5-8H2,1-4H3. The molecule has 1 N–H and O–H groups in total. The highest BCUT2D eigenvalue weighted by Gasteiger charge is 2.41. The van der Waals surface area contributed by atoms with Crippen LogP contribution >= 0.6 is 0 Å². The molecule has 0 amide bonds. The van der Waals surface area contributed by atoms with Crippen molar-refractivity contribution in [3.8, 4) is 6.07 Å². The first-order chi connectivity index (χ1) is 7.62. The molecule has 4 nitrogen and oxygen atoms in total. The molecular formula is C12H22N2O2S. The van der Waals surface area contributed by atoms with Gasteiger partial charge in [0.1, 0.15) is 5.54 Å². The molecule has 5 heteroatoms. The highest BCUT2D eigenvalue weighted by Crippen LogP contribution is 2.33. The van der Waals surface area contributed by atoms with Gasteiger partial charge in [-0.1, -0.05) is 6.92 Å². The Balaban J connectivity index is 2.89. The average molecular weight is 258 g/mol. The summed E-state index contributed by atoms with van der Waals surface area (Å²) in [5.74, 6) is 0.579. The molecule has 0 aromatic rings. The van der Waals surface area contributed by atoms with Gasteiger partial charge in [0.2, 0.25) is 10.0 Å². The van der Waals surface area contributed by atoms with E-state index in [1.165, 1.54) is 0 Å². The van der Waals surface area contributed by atoms with Crippen molar-refractivity contribution >= 4 is 10.0 Å². The van der Waals surface area contributed by atoms with Crippen LogP contribution in [0.25, 0.3) is 0 Å². The van der Waals surface area contributed by atoms with Gasteiger partial charge in [-0.2, -0.15) is 9.98 Å². The predicted molar refractivity (Wildman–Crippen MR) is 67.8 cm³/mol. The van der Waals surface area contributed by atoms with Crippen molar-refractivity contribution in [1.29, 1.82) is 5.26 Å². The normalized spacial score (nSPS) is 30.9. The van der Waals surface area contributed by atoms with E-state index in [0.29, 0.717) is 18.8 Å². The highest BCUT2D eigenvalue weighted by atomic mass is 32.2. The topological polar surface area (TPSA) is 70.0 Å². The SMILES string of the molecule is CC1CCC(C#N)(NS(=O)(=O)C(C)(C)C)CC1. The molecule has 1 aliphatic rings. The number of hydrogen-bond donors (Lipinski definition) is 1. The summed E-state index contributed by atoms with van der Waals surface area (Å²) in [5, 5.41) is 9.28. The van der Waals surface area contributed by atoms with Crippen molar-refractivity contribution in [3.63, 3.8) is 0 Å². The quantitative estimate of drug-likeness (QED) is 0.825. The zero-order valence-electron chi connectivity index (χ0n) is 11.1. The van der Waals surface area contributed by atoms with E-state index in [1.54, 1.807) is 20.8 Å². The van der Waals surface area contributed by atoms with Crippen molar-refractivity contribution in [2.75, 3.05) is 0 Å². The van der Waals surface area contributed by atoms with Gasteiger partial charge in [-0.05, 0) is 52.4 Å². The Bertz CT molecular complexity index is 407. The van der Waals surface area contributed by atoms with Gasteiger partial charge < -0.3 is 0 Å². The molecule has 0 aromatic carbocycles. The number of rotatable bonds is 2. The minimum absolute atomic E-state index is 0.579. The molecule has 0 bridgehead atoms. The smallest absolute Gasteiger partial charge is 0.212 e. The zero-order chi connectivity index (χ0) is 13.3. The molecule has 1 fully saturated rings. The van der Waals surface area contributed by atoms with Crippen LogP contribution in [-0.4, -0.2) is 18.7 Å². The lowest BCUT2D eigenvalue weighted by Crippen LogP contribution is -2.54. The first kappa shape index (κ1) is 14.5. The number of nitrogens with one attached hydrogen (secondary N) is 1. The van der Waals surface area contributed by atoms with Gasteiger partial charge in [0.25, 0.3) is 0 Å². The van der Waals surface area contributed by atoms with E-state index < -0.39 is 20.3 Å². The van der Waals surface area contributed by atoms with E-state index in [2.05, 4.69) is 17.7 Å². The van der Waals surface area contributed by atoms with E-state index in [9.17, 15) is 13.7 Å². The van der Waals surface area contributed by atoms with E-state index in [1.807, 2.05) is 0 Å². The molecule has 1 aliphatic carbocycles. The summed E-state index contributed by atoms with van der Waals surface area (Å²) in [7, 11) is -3.46. The Hall–Kier alpha value is -0.600. The van der Waals surface area contributed by atoms with Crippen LogP contribution in [0, 0.1) is 17.2 Å². The van der Waals surface area contributed by atoms with Crippen LogP contribution in [0.15, 0.2) is 0 Å². The zero-order valence-corrected chi connectivity index (χ0v) is 11.9. The Kier molecular flexibility index (Phi) is 3.90. The first-order valence-electron chi connectivity index (χ1n) is 6.07. The maximum absolute atomic E-state index is 12.1. The summed E-state index contributed by atoms with van der Waals surface area (Å²) in [6.45, 7) is 7.07. The van der Waals surface area contributed by atoms with Crippen molar-refractivity contribution in [1.82, 2.24) is 4.72 Å². The molecule has 0 aromatic heterocycles. The van der Waals surface area contributed by atoms with Crippen LogP contribution in [0.5, 0.6) is 0 Å². The van der Waals surface area contributed by atoms with Crippen LogP contribution in [0.1, 0.15) is 53.4 Å². The minimum Gasteiger partial charge on any atom is -0.212 e. The number of nitriles is 1. The third kappa shape index (κ3) is 3.20.